The Hall–Kier alpha value is -3.27. The number of rotatable bonds is 2. The molecule has 1 unspecified atom stereocenters. The molecule has 1 saturated heterocycles. The van der Waals surface area contributed by atoms with Gasteiger partial charge in [0.2, 0.25) is 0 Å². The lowest BCUT2D eigenvalue weighted by Gasteiger charge is -2.33. The Morgan fingerprint density at radius 1 is 1.28 bits per heavy atom. The monoisotopic (exact) mass is 337 g/mol. The van der Waals surface area contributed by atoms with E-state index in [1.807, 2.05) is 6.07 Å². The summed E-state index contributed by atoms with van der Waals surface area (Å²) in [5.41, 5.74) is 1.57. The van der Waals surface area contributed by atoms with Crippen LogP contribution >= 0.6 is 0 Å². The number of fused-ring (bicyclic) bond motifs is 1. The Balaban J connectivity index is 1.75. The highest BCUT2D eigenvalue weighted by atomic mass is 16.5. The van der Waals surface area contributed by atoms with Gasteiger partial charge in [-0.2, -0.15) is 5.26 Å². The third kappa shape index (κ3) is 3.19. The molecule has 0 spiro atoms. The fourth-order valence-corrected chi connectivity index (χ4v) is 2.94. The lowest BCUT2D eigenvalue weighted by atomic mass is 9.90. The van der Waals surface area contributed by atoms with Crippen LogP contribution in [-0.4, -0.2) is 48.6 Å². The fourth-order valence-electron chi connectivity index (χ4n) is 2.94. The molecule has 1 fully saturated rings. The van der Waals surface area contributed by atoms with Crippen molar-refractivity contribution in [2.45, 2.75) is 6.42 Å². The zero-order valence-corrected chi connectivity index (χ0v) is 13.6. The molecular weight excluding hydrogens is 322 g/mol. The van der Waals surface area contributed by atoms with Crippen LogP contribution in [0.5, 0.6) is 0 Å². The van der Waals surface area contributed by atoms with Crippen molar-refractivity contribution in [3.8, 4) is 6.07 Å². The minimum Gasteiger partial charge on any atom is -0.465 e. The Morgan fingerprint density at radius 2 is 1.96 bits per heavy atom. The molecule has 0 N–H and O–H groups in total. The summed E-state index contributed by atoms with van der Waals surface area (Å²) in [5, 5.41) is 8.97. The summed E-state index contributed by atoms with van der Waals surface area (Å²) < 4.78 is 4.63. The first-order valence-corrected chi connectivity index (χ1v) is 7.75. The van der Waals surface area contributed by atoms with E-state index in [2.05, 4.69) is 9.73 Å². The standard InChI is InChI=1S/C18H15N3O4/c1-25-18(24)12-4-2-11(3-5-12)17(23)21-7-6-15-14(10-21)8-13(9-19)16(22)20-15/h2-5,8,14H,6-7,10H2,1H3. The van der Waals surface area contributed by atoms with Crippen LogP contribution in [0.3, 0.4) is 0 Å². The van der Waals surface area contributed by atoms with E-state index in [0.717, 1.165) is 0 Å². The van der Waals surface area contributed by atoms with Crippen LogP contribution in [0.2, 0.25) is 0 Å². The topological polar surface area (TPSA) is 99.8 Å². The summed E-state index contributed by atoms with van der Waals surface area (Å²) in [6, 6.07) is 8.10. The Morgan fingerprint density at radius 3 is 2.60 bits per heavy atom. The number of aliphatic imine (C=N–C) groups is 1. The van der Waals surface area contributed by atoms with Gasteiger partial charge >= 0.3 is 5.97 Å². The molecule has 3 rings (SSSR count). The smallest absolute Gasteiger partial charge is 0.337 e. The molecule has 0 bridgehead atoms. The predicted molar refractivity (Wildman–Crippen MR) is 87.9 cm³/mol. The molecule has 0 aromatic heterocycles. The van der Waals surface area contributed by atoms with Gasteiger partial charge in [0, 0.05) is 36.7 Å². The fraction of sp³-hybridized carbons (Fsp3) is 0.278. The minimum absolute atomic E-state index is 0.0190. The number of likely N-dealkylation sites (tertiary alicyclic amines) is 1. The largest absolute Gasteiger partial charge is 0.465 e. The number of nitriles is 1. The second-order valence-corrected chi connectivity index (χ2v) is 5.78. The Kier molecular flexibility index (Phi) is 4.44. The first kappa shape index (κ1) is 16.6. The van der Waals surface area contributed by atoms with Gasteiger partial charge in [-0.05, 0) is 24.3 Å². The van der Waals surface area contributed by atoms with Gasteiger partial charge in [-0.1, -0.05) is 6.08 Å². The first-order valence-electron chi connectivity index (χ1n) is 7.75. The van der Waals surface area contributed by atoms with Crippen molar-refractivity contribution in [1.29, 1.82) is 5.26 Å². The van der Waals surface area contributed by atoms with Gasteiger partial charge in [-0.3, -0.25) is 9.59 Å². The van der Waals surface area contributed by atoms with E-state index >= 15 is 0 Å². The Labute approximate surface area is 144 Å². The number of methoxy groups -OCH3 is 1. The number of ether oxygens (including phenoxy) is 1. The summed E-state index contributed by atoms with van der Waals surface area (Å²) in [6.45, 7) is 0.824. The van der Waals surface area contributed by atoms with E-state index in [9.17, 15) is 14.4 Å². The summed E-state index contributed by atoms with van der Waals surface area (Å²) in [6.07, 6.45) is 2.09. The summed E-state index contributed by atoms with van der Waals surface area (Å²) in [7, 11) is 1.30. The third-order valence-electron chi connectivity index (χ3n) is 4.29. The van der Waals surface area contributed by atoms with Crippen molar-refractivity contribution in [1.82, 2.24) is 4.90 Å². The summed E-state index contributed by atoms with van der Waals surface area (Å²) >= 11 is 0. The van der Waals surface area contributed by atoms with Gasteiger partial charge in [0.05, 0.1) is 12.7 Å². The van der Waals surface area contributed by atoms with Crippen LogP contribution < -0.4 is 0 Å². The highest BCUT2D eigenvalue weighted by molar-refractivity contribution is 6.10. The van der Waals surface area contributed by atoms with Crippen LogP contribution in [0.4, 0.5) is 0 Å². The molecule has 126 valence electrons. The van der Waals surface area contributed by atoms with Gasteiger partial charge in [0.15, 0.2) is 0 Å². The normalized spacial score (nSPS) is 19.3. The quantitative estimate of drug-likeness (QED) is 0.759. The maximum Gasteiger partial charge on any atom is 0.337 e. The van der Waals surface area contributed by atoms with Crippen molar-refractivity contribution in [3.05, 3.63) is 47.0 Å². The maximum atomic E-state index is 12.7. The number of hydrogen-bond donors (Lipinski definition) is 0. The van der Waals surface area contributed by atoms with Crippen LogP contribution in [0.1, 0.15) is 27.1 Å². The molecule has 2 aliphatic heterocycles. The molecule has 2 aliphatic rings. The van der Waals surface area contributed by atoms with E-state index in [0.29, 0.717) is 36.3 Å². The number of amides is 2. The molecule has 1 aromatic carbocycles. The van der Waals surface area contributed by atoms with Gasteiger partial charge in [0.25, 0.3) is 11.8 Å². The minimum atomic E-state index is -0.507. The van der Waals surface area contributed by atoms with Gasteiger partial charge in [-0.25, -0.2) is 9.79 Å². The van der Waals surface area contributed by atoms with Crippen molar-refractivity contribution in [2.24, 2.45) is 10.9 Å². The molecule has 1 atom stereocenters. The zero-order valence-electron chi connectivity index (χ0n) is 13.6. The average Bonchev–Trinajstić information content (AvgIpc) is 2.66. The summed E-state index contributed by atoms with van der Waals surface area (Å²) in [4.78, 5) is 41.4. The average molecular weight is 337 g/mol. The number of esters is 1. The van der Waals surface area contributed by atoms with Crippen molar-refractivity contribution in [2.75, 3.05) is 20.2 Å². The highest BCUT2D eigenvalue weighted by Gasteiger charge is 2.32. The maximum absolute atomic E-state index is 12.7. The van der Waals surface area contributed by atoms with E-state index in [4.69, 9.17) is 5.26 Å². The van der Waals surface area contributed by atoms with E-state index < -0.39 is 11.9 Å². The molecule has 2 amide bonds. The van der Waals surface area contributed by atoms with E-state index in [1.54, 1.807) is 35.2 Å². The number of hydrogen-bond acceptors (Lipinski definition) is 5. The molecule has 25 heavy (non-hydrogen) atoms. The second kappa shape index (κ2) is 6.69. The highest BCUT2D eigenvalue weighted by Crippen LogP contribution is 2.23. The number of benzene rings is 1. The summed E-state index contributed by atoms with van der Waals surface area (Å²) in [5.74, 6) is -1.34. The number of piperidine rings is 1. The van der Waals surface area contributed by atoms with Crippen molar-refractivity contribution in [3.63, 3.8) is 0 Å². The van der Waals surface area contributed by atoms with Gasteiger partial charge < -0.3 is 9.64 Å². The molecule has 7 nitrogen and oxygen atoms in total. The van der Waals surface area contributed by atoms with Crippen LogP contribution in [-0.2, 0) is 9.53 Å². The zero-order chi connectivity index (χ0) is 18.0. The molecule has 7 heteroatoms. The molecule has 2 heterocycles. The lowest BCUT2D eigenvalue weighted by Crippen LogP contribution is -2.44. The SMILES string of the molecule is COC(=O)c1ccc(C(=O)N2CCC3=NC(=O)C(C#N)=CC3C2)cc1. The number of carbonyl (C=O) groups excluding carboxylic acids is 3. The van der Waals surface area contributed by atoms with Gasteiger partial charge in [0.1, 0.15) is 11.6 Å². The first-order chi connectivity index (χ1) is 12.0. The lowest BCUT2D eigenvalue weighted by molar-refractivity contribution is -0.114. The number of nitrogens with zero attached hydrogens (tertiary/aromatic N) is 3. The third-order valence-corrected chi connectivity index (χ3v) is 4.29. The van der Waals surface area contributed by atoms with E-state index in [1.165, 1.54) is 7.11 Å². The van der Waals surface area contributed by atoms with Crippen molar-refractivity contribution >= 4 is 23.5 Å². The Bertz CT molecular complexity index is 846. The van der Waals surface area contributed by atoms with Crippen molar-refractivity contribution < 1.29 is 19.1 Å². The van der Waals surface area contributed by atoms with Crippen LogP contribution in [0, 0.1) is 17.2 Å². The number of carbonyl (C=O) groups is 3. The molecule has 0 radical (unpaired) electrons. The van der Waals surface area contributed by atoms with Crippen LogP contribution in [0.15, 0.2) is 40.9 Å². The van der Waals surface area contributed by atoms with Gasteiger partial charge in [-0.15, -0.1) is 0 Å². The van der Waals surface area contributed by atoms with E-state index in [-0.39, 0.29) is 17.4 Å². The molecular formula is C18H15N3O4. The predicted octanol–water partition coefficient (Wildman–Crippen LogP) is 1.37. The molecule has 1 aromatic rings. The van der Waals surface area contributed by atoms with Crippen LogP contribution in [0.25, 0.3) is 0 Å². The number of dihydropyridines is 1. The second-order valence-electron chi connectivity index (χ2n) is 5.78. The molecule has 0 saturated carbocycles. The molecule has 0 aliphatic carbocycles.